The van der Waals surface area contributed by atoms with Gasteiger partial charge in [-0.05, 0) is 24.3 Å². The predicted octanol–water partition coefficient (Wildman–Crippen LogP) is 3.09. The fourth-order valence-electron chi connectivity index (χ4n) is 2.28. The Morgan fingerprint density at radius 2 is 2.05 bits per heavy atom. The number of benzene rings is 2. The van der Waals surface area contributed by atoms with E-state index >= 15 is 0 Å². The van der Waals surface area contributed by atoms with Gasteiger partial charge in [0.05, 0.1) is 23.7 Å². The molecule has 3 rings (SSSR count). The number of methoxy groups -OCH3 is 1. The van der Waals surface area contributed by atoms with Crippen LogP contribution in [0.5, 0.6) is 11.5 Å². The summed E-state index contributed by atoms with van der Waals surface area (Å²) in [4.78, 5) is 4.39. The fourth-order valence-corrected chi connectivity index (χ4v) is 2.28. The summed E-state index contributed by atoms with van der Waals surface area (Å²) < 4.78 is 20.2. The van der Waals surface area contributed by atoms with E-state index in [1.807, 2.05) is 11.6 Å². The molecule has 0 saturated heterocycles. The highest BCUT2D eigenvalue weighted by molar-refractivity contribution is 5.82. The highest BCUT2D eigenvalue weighted by Crippen LogP contribution is 2.37. The maximum atomic E-state index is 13.3. The lowest BCUT2D eigenvalue weighted by atomic mass is 10.1. The molecule has 0 amide bonds. The van der Waals surface area contributed by atoms with Crippen molar-refractivity contribution in [2.45, 2.75) is 0 Å². The summed E-state index contributed by atoms with van der Waals surface area (Å²) >= 11 is 0. The number of nitrogens with zero attached hydrogens (tertiary/aromatic N) is 2. The number of aromatic nitrogens is 2. The number of hydrogen-bond acceptors (Lipinski definition) is 3. The lowest BCUT2D eigenvalue weighted by Crippen LogP contribution is -1.94. The van der Waals surface area contributed by atoms with Crippen LogP contribution in [0.15, 0.2) is 36.4 Å². The Morgan fingerprint density at radius 3 is 2.80 bits per heavy atom. The van der Waals surface area contributed by atoms with Crippen molar-refractivity contribution in [2.24, 2.45) is 7.05 Å². The zero-order chi connectivity index (χ0) is 14.3. The number of fused-ring (bicyclic) bond motifs is 1. The molecular formula is C15H13FN2O2. The van der Waals surface area contributed by atoms with Gasteiger partial charge in [-0.25, -0.2) is 9.37 Å². The largest absolute Gasteiger partial charge is 0.504 e. The van der Waals surface area contributed by atoms with Gasteiger partial charge in [0.25, 0.3) is 0 Å². The SMILES string of the molecule is COc1cccc(-c2nc3cc(F)ccc3n2C)c1O. The lowest BCUT2D eigenvalue weighted by molar-refractivity contribution is 0.374. The summed E-state index contributed by atoms with van der Waals surface area (Å²) in [6.07, 6.45) is 0. The molecule has 0 radical (unpaired) electrons. The van der Waals surface area contributed by atoms with Gasteiger partial charge in [0.2, 0.25) is 0 Å². The normalized spacial score (nSPS) is 10.9. The molecule has 0 saturated carbocycles. The van der Waals surface area contributed by atoms with Crippen molar-refractivity contribution in [3.8, 4) is 22.9 Å². The molecule has 2 aromatic carbocycles. The molecule has 0 unspecified atom stereocenters. The Morgan fingerprint density at radius 1 is 1.25 bits per heavy atom. The summed E-state index contributed by atoms with van der Waals surface area (Å²) in [6, 6.07) is 9.61. The first-order valence-electron chi connectivity index (χ1n) is 6.10. The minimum absolute atomic E-state index is 0.0221. The summed E-state index contributed by atoms with van der Waals surface area (Å²) in [6.45, 7) is 0. The van der Waals surface area contributed by atoms with Crippen LogP contribution in [0, 0.1) is 5.82 Å². The number of imidazole rings is 1. The number of halogens is 1. The second kappa shape index (κ2) is 4.52. The van der Waals surface area contributed by atoms with Gasteiger partial charge in [-0.3, -0.25) is 0 Å². The number of phenols is 1. The van der Waals surface area contributed by atoms with E-state index in [-0.39, 0.29) is 11.6 Å². The Balaban J connectivity index is 2.27. The number of ether oxygens (including phenoxy) is 1. The molecule has 0 atom stereocenters. The van der Waals surface area contributed by atoms with Crippen LogP contribution >= 0.6 is 0 Å². The summed E-state index contributed by atoms with van der Waals surface area (Å²) in [5.74, 6) is 0.619. The minimum Gasteiger partial charge on any atom is -0.504 e. The zero-order valence-electron chi connectivity index (χ0n) is 11.1. The van der Waals surface area contributed by atoms with E-state index in [9.17, 15) is 9.50 Å². The van der Waals surface area contributed by atoms with E-state index in [0.29, 0.717) is 22.7 Å². The van der Waals surface area contributed by atoms with Gasteiger partial charge in [0, 0.05) is 13.1 Å². The first kappa shape index (κ1) is 12.5. The second-order valence-corrected chi connectivity index (χ2v) is 4.48. The molecule has 20 heavy (non-hydrogen) atoms. The molecule has 5 heteroatoms. The van der Waals surface area contributed by atoms with E-state index in [2.05, 4.69) is 4.98 Å². The average Bonchev–Trinajstić information content (AvgIpc) is 2.75. The van der Waals surface area contributed by atoms with Gasteiger partial charge in [0.15, 0.2) is 11.5 Å². The lowest BCUT2D eigenvalue weighted by Gasteiger charge is -2.08. The van der Waals surface area contributed by atoms with Crippen molar-refractivity contribution in [3.05, 3.63) is 42.2 Å². The average molecular weight is 272 g/mol. The van der Waals surface area contributed by atoms with Crippen LogP contribution in [0.25, 0.3) is 22.4 Å². The van der Waals surface area contributed by atoms with Gasteiger partial charge < -0.3 is 14.4 Å². The topological polar surface area (TPSA) is 47.3 Å². The molecule has 0 spiro atoms. The van der Waals surface area contributed by atoms with Crippen molar-refractivity contribution in [1.82, 2.24) is 9.55 Å². The Bertz CT molecular complexity index is 796. The summed E-state index contributed by atoms with van der Waals surface area (Å²) in [5.41, 5.74) is 1.89. The standard InChI is InChI=1S/C15H13FN2O2/c1-18-12-7-6-9(16)8-11(12)17-15(18)10-4-3-5-13(20-2)14(10)19/h3-8,19H,1-2H3. The van der Waals surface area contributed by atoms with Crippen molar-refractivity contribution in [3.63, 3.8) is 0 Å². The van der Waals surface area contributed by atoms with Crippen LogP contribution in [0.4, 0.5) is 4.39 Å². The number of aromatic hydroxyl groups is 1. The number of hydrogen-bond donors (Lipinski definition) is 1. The second-order valence-electron chi connectivity index (χ2n) is 4.48. The maximum absolute atomic E-state index is 13.3. The van der Waals surface area contributed by atoms with Gasteiger partial charge in [-0.15, -0.1) is 0 Å². The van der Waals surface area contributed by atoms with Crippen molar-refractivity contribution in [1.29, 1.82) is 0 Å². The Hall–Kier alpha value is -2.56. The molecule has 1 heterocycles. The third kappa shape index (κ3) is 1.79. The van der Waals surface area contributed by atoms with E-state index in [1.165, 1.54) is 19.2 Å². The molecule has 4 nitrogen and oxygen atoms in total. The highest BCUT2D eigenvalue weighted by Gasteiger charge is 2.16. The predicted molar refractivity (Wildman–Crippen MR) is 74.3 cm³/mol. The van der Waals surface area contributed by atoms with Crippen LogP contribution in [0.2, 0.25) is 0 Å². The van der Waals surface area contributed by atoms with Gasteiger partial charge >= 0.3 is 0 Å². The van der Waals surface area contributed by atoms with Crippen LogP contribution in [-0.4, -0.2) is 21.8 Å². The number of aryl methyl sites for hydroxylation is 1. The van der Waals surface area contributed by atoms with Crippen LogP contribution in [0.3, 0.4) is 0 Å². The first-order valence-corrected chi connectivity index (χ1v) is 6.10. The van der Waals surface area contributed by atoms with E-state index in [1.54, 1.807) is 24.3 Å². The number of para-hydroxylation sites is 1. The van der Waals surface area contributed by atoms with Crippen LogP contribution in [0.1, 0.15) is 0 Å². The number of rotatable bonds is 2. The highest BCUT2D eigenvalue weighted by atomic mass is 19.1. The number of phenolic OH excluding ortho intramolecular Hbond substituents is 1. The Kier molecular flexibility index (Phi) is 2.82. The third-order valence-corrected chi connectivity index (χ3v) is 3.30. The van der Waals surface area contributed by atoms with Crippen molar-refractivity contribution >= 4 is 11.0 Å². The zero-order valence-corrected chi connectivity index (χ0v) is 11.1. The van der Waals surface area contributed by atoms with Gasteiger partial charge in [-0.1, -0.05) is 6.07 Å². The molecule has 0 fully saturated rings. The first-order chi connectivity index (χ1) is 9.61. The fraction of sp³-hybridized carbons (Fsp3) is 0.133. The molecule has 1 N–H and O–H groups in total. The summed E-state index contributed by atoms with van der Waals surface area (Å²) in [7, 11) is 3.31. The van der Waals surface area contributed by atoms with Crippen LogP contribution in [-0.2, 0) is 7.05 Å². The monoisotopic (exact) mass is 272 g/mol. The molecule has 0 bridgehead atoms. The van der Waals surface area contributed by atoms with Crippen LogP contribution < -0.4 is 4.74 Å². The molecule has 102 valence electrons. The molecule has 1 aromatic heterocycles. The van der Waals surface area contributed by atoms with Crippen molar-refractivity contribution < 1.29 is 14.2 Å². The third-order valence-electron chi connectivity index (χ3n) is 3.30. The van der Waals surface area contributed by atoms with Crippen molar-refractivity contribution in [2.75, 3.05) is 7.11 Å². The molecule has 0 aliphatic heterocycles. The van der Waals surface area contributed by atoms with E-state index < -0.39 is 0 Å². The molecule has 3 aromatic rings. The molecule has 0 aliphatic rings. The maximum Gasteiger partial charge on any atom is 0.168 e. The van der Waals surface area contributed by atoms with Gasteiger partial charge in [-0.2, -0.15) is 0 Å². The quantitative estimate of drug-likeness (QED) is 0.779. The smallest absolute Gasteiger partial charge is 0.168 e. The molecular weight excluding hydrogens is 259 g/mol. The molecule has 0 aliphatic carbocycles. The Labute approximate surface area is 115 Å². The minimum atomic E-state index is -0.336. The van der Waals surface area contributed by atoms with E-state index in [4.69, 9.17) is 4.74 Å². The van der Waals surface area contributed by atoms with E-state index in [0.717, 1.165) is 5.52 Å². The summed E-state index contributed by atoms with van der Waals surface area (Å²) in [5, 5.41) is 10.2. The van der Waals surface area contributed by atoms with Gasteiger partial charge in [0.1, 0.15) is 11.6 Å².